The van der Waals surface area contributed by atoms with E-state index in [2.05, 4.69) is 0 Å². The summed E-state index contributed by atoms with van der Waals surface area (Å²) in [4.78, 5) is 25.2. The van der Waals surface area contributed by atoms with E-state index in [1.54, 1.807) is 0 Å². The average molecular weight is 491 g/mol. The van der Waals surface area contributed by atoms with Gasteiger partial charge in [-0.2, -0.15) is 13.2 Å². The molecule has 3 aromatic carbocycles. The van der Waals surface area contributed by atoms with Crippen LogP contribution in [0.1, 0.15) is 16.1 Å². The van der Waals surface area contributed by atoms with Gasteiger partial charge in [-0.3, -0.25) is 4.79 Å². The predicted octanol–water partition coefficient (Wildman–Crippen LogP) is 6.49. The molecule has 1 aromatic heterocycles. The van der Waals surface area contributed by atoms with Gasteiger partial charge in [-0.15, -0.1) is 0 Å². The zero-order chi connectivity index (χ0) is 24.5. The lowest BCUT2D eigenvalue weighted by molar-refractivity contribution is -0.154. The number of halogens is 4. The van der Waals surface area contributed by atoms with E-state index in [9.17, 15) is 22.8 Å². The first-order valence-corrected chi connectivity index (χ1v) is 10.0. The Labute approximate surface area is 195 Å². The molecule has 1 heterocycles. The van der Waals surface area contributed by atoms with Crippen molar-refractivity contribution in [3.05, 3.63) is 93.3 Å². The molecular formula is C24H14ClF3O6. The highest BCUT2D eigenvalue weighted by molar-refractivity contribution is 6.30. The highest BCUT2D eigenvalue weighted by Crippen LogP contribution is 2.39. The fourth-order valence-corrected chi connectivity index (χ4v) is 3.14. The number of alkyl halides is 3. The Morgan fingerprint density at radius 3 is 2.15 bits per heavy atom. The summed E-state index contributed by atoms with van der Waals surface area (Å²) < 4.78 is 61.6. The van der Waals surface area contributed by atoms with E-state index in [1.807, 2.05) is 0 Å². The Morgan fingerprint density at radius 2 is 1.53 bits per heavy atom. The van der Waals surface area contributed by atoms with Gasteiger partial charge in [0.2, 0.25) is 11.2 Å². The molecule has 0 saturated heterocycles. The van der Waals surface area contributed by atoms with E-state index in [4.69, 9.17) is 30.2 Å². The number of ether oxygens (including phenoxy) is 3. The number of fused-ring (bicyclic) bond motifs is 1. The van der Waals surface area contributed by atoms with Crippen molar-refractivity contribution in [2.24, 2.45) is 0 Å². The summed E-state index contributed by atoms with van der Waals surface area (Å²) in [6.45, 7) is 0. The molecule has 0 radical (unpaired) electrons. The molecule has 4 aromatic rings. The monoisotopic (exact) mass is 490 g/mol. The van der Waals surface area contributed by atoms with E-state index in [0.717, 1.165) is 6.07 Å². The van der Waals surface area contributed by atoms with Gasteiger partial charge < -0.3 is 18.6 Å². The van der Waals surface area contributed by atoms with Gasteiger partial charge in [0.15, 0.2) is 0 Å². The van der Waals surface area contributed by atoms with Gasteiger partial charge in [0, 0.05) is 11.1 Å². The lowest BCUT2D eigenvalue weighted by Gasteiger charge is -2.14. The maximum Gasteiger partial charge on any atom is 0.453 e. The Balaban J connectivity index is 1.73. The summed E-state index contributed by atoms with van der Waals surface area (Å²) in [7, 11) is 1.43. The van der Waals surface area contributed by atoms with Crippen LogP contribution in [0.3, 0.4) is 0 Å². The van der Waals surface area contributed by atoms with Crippen LogP contribution in [0, 0.1) is 0 Å². The molecule has 0 amide bonds. The standard InChI is InChI=1S/C24H14ClF3O6/c1-31-15-6-8-16(9-7-15)32-21-20(29)18-11-10-17(12-19(18)34-22(21)24(26,27)28)33-23(30)13-2-4-14(25)5-3-13/h2-12H,1H3. The Bertz CT molecular complexity index is 1410. The third-order valence-electron chi connectivity index (χ3n) is 4.65. The topological polar surface area (TPSA) is 75.0 Å². The number of rotatable bonds is 5. The quantitative estimate of drug-likeness (QED) is 0.235. The number of benzene rings is 3. The summed E-state index contributed by atoms with van der Waals surface area (Å²) in [5.41, 5.74) is -1.30. The molecule has 0 aliphatic heterocycles. The molecule has 0 saturated carbocycles. The lowest BCUT2D eigenvalue weighted by atomic mass is 10.2. The van der Waals surface area contributed by atoms with Crippen LogP contribution in [-0.2, 0) is 6.18 Å². The summed E-state index contributed by atoms with van der Waals surface area (Å²) in [6, 6.07) is 14.9. The van der Waals surface area contributed by atoms with E-state index >= 15 is 0 Å². The van der Waals surface area contributed by atoms with E-state index in [0.29, 0.717) is 10.8 Å². The lowest BCUT2D eigenvalue weighted by Crippen LogP contribution is -2.15. The van der Waals surface area contributed by atoms with Gasteiger partial charge >= 0.3 is 12.1 Å². The Morgan fingerprint density at radius 1 is 0.912 bits per heavy atom. The van der Waals surface area contributed by atoms with E-state index < -0.39 is 34.7 Å². The first-order valence-electron chi connectivity index (χ1n) is 9.63. The number of hydrogen-bond donors (Lipinski definition) is 0. The fraction of sp³-hybridized carbons (Fsp3) is 0.0833. The first kappa shape index (κ1) is 23.2. The molecule has 0 fully saturated rings. The van der Waals surface area contributed by atoms with Crippen molar-refractivity contribution in [1.82, 2.24) is 0 Å². The molecular weight excluding hydrogens is 477 g/mol. The Hall–Kier alpha value is -3.98. The molecule has 0 atom stereocenters. The average Bonchev–Trinajstić information content (AvgIpc) is 2.81. The highest BCUT2D eigenvalue weighted by Gasteiger charge is 2.40. The highest BCUT2D eigenvalue weighted by atomic mass is 35.5. The second-order valence-corrected chi connectivity index (χ2v) is 7.36. The van der Waals surface area contributed by atoms with Crippen molar-refractivity contribution in [1.29, 1.82) is 0 Å². The summed E-state index contributed by atoms with van der Waals surface area (Å²) in [5.74, 6) is -3.10. The normalized spacial score (nSPS) is 11.3. The van der Waals surface area contributed by atoms with Crippen LogP contribution in [0.5, 0.6) is 23.0 Å². The zero-order valence-electron chi connectivity index (χ0n) is 17.3. The third kappa shape index (κ3) is 4.84. The van der Waals surface area contributed by atoms with Crippen LogP contribution >= 0.6 is 11.6 Å². The van der Waals surface area contributed by atoms with Crippen molar-refractivity contribution >= 4 is 28.5 Å². The van der Waals surface area contributed by atoms with Crippen molar-refractivity contribution in [3.8, 4) is 23.0 Å². The van der Waals surface area contributed by atoms with Crippen molar-refractivity contribution in [2.75, 3.05) is 7.11 Å². The van der Waals surface area contributed by atoms with Gasteiger partial charge in [0.25, 0.3) is 5.76 Å². The molecule has 0 unspecified atom stereocenters. The maximum absolute atomic E-state index is 13.7. The number of methoxy groups -OCH3 is 1. The smallest absolute Gasteiger partial charge is 0.453 e. The van der Waals surface area contributed by atoms with Crippen LogP contribution in [-0.4, -0.2) is 13.1 Å². The molecule has 6 nitrogen and oxygen atoms in total. The van der Waals surface area contributed by atoms with Crippen molar-refractivity contribution in [3.63, 3.8) is 0 Å². The van der Waals surface area contributed by atoms with Crippen LogP contribution in [0.15, 0.2) is 75.9 Å². The van der Waals surface area contributed by atoms with Crippen molar-refractivity contribution in [2.45, 2.75) is 6.18 Å². The molecule has 34 heavy (non-hydrogen) atoms. The summed E-state index contributed by atoms with van der Waals surface area (Å²) in [6.07, 6.45) is -5.04. The van der Waals surface area contributed by atoms with E-state index in [-0.39, 0.29) is 22.4 Å². The maximum atomic E-state index is 13.7. The van der Waals surface area contributed by atoms with Gasteiger partial charge in [0.05, 0.1) is 18.1 Å². The Kier molecular flexibility index (Phi) is 6.21. The van der Waals surface area contributed by atoms with E-state index in [1.165, 1.54) is 67.8 Å². The molecule has 0 bridgehead atoms. The van der Waals surface area contributed by atoms with Crippen LogP contribution in [0.4, 0.5) is 13.2 Å². The molecule has 10 heteroatoms. The minimum atomic E-state index is -5.04. The third-order valence-corrected chi connectivity index (χ3v) is 4.90. The van der Waals surface area contributed by atoms with Gasteiger partial charge in [-0.25, -0.2) is 4.79 Å². The summed E-state index contributed by atoms with van der Waals surface area (Å²) in [5, 5.41) is 0.221. The van der Waals surface area contributed by atoms with Crippen LogP contribution in [0.25, 0.3) is 11.0 Å². The van der Waals surface area contributed by atoms with Gasteiger partial charge in [0.1, 0.15) is 22.8 Å². The second kappa shape index (κ2) is 9.11. The molecule has 0 spiro atoms. The zero-order valence-corrected chi connectivity index (χ0v) is 18.1. The number of carbonyl (C=O) groups is 1. The molecule has 0 aliphatic carbocycles. The van der Waals surface area contributed by atoms with Crippen molar-refractivity contribution < 1.29 is 36.6 Å². The van der Waals surface area contributed by atoms with Gasteiger partial charge in [-0.05, 0) is 60.7 Å². The molecule has 0 aliphatic rings. The molecule has 4 rings (SSSR count). The molecule has 174 valence electrons. The van der Waals surface area contributed by atoms with Crippen LogP contribution < -0.4 is 19.6 Å². The number of hydrogen-bond acceptors (Lipinski definition) is 6. The number of esters is 1. The van der Waals surface area contributed by atoms with Crippen LogP contribution in [0.2, 0.25) is 5.02 Å². The summed E-state index contributed by atoms with van der Waals surface area (Å²) >= 11 is 5.78. The minimum Gasteiger partial charge on any atom is -0.497 e. The SMILES string of the molecule is COc1ccc(Oc2c(C(F)(F)F)oc3cc(OC(=O)c4ccc(Cl)cc4)ccc3c2=O)cc1. The molecule has 0 N–H and O–H groups in total. The van der Waals surface area contributed by atoms with Gasteiger partial charge in [-0.1, -0.05) is 11.6 Å². The largest absolute Gasteiger partial charge is 0.497 e. The first-order chi connectivity index (χ1) is 16.2. The number of carbonyl (C=O) groups excluding carboxylic acids is 1. The fourth-order valence-electron chi connectivity index (χ4n) is 3.01. The predicted molar refractivity (Wildman–Crippen MR) is 117 cm³/mol. The second-order valence-electron chi connectivity index (χ2n) is 6.92. The minimum absolute atomic E-state index is 0.0218.